The summed E-state index contributed by atoms with van der Waals surface area (Å²) in [6.07, 6.45) is 0.560. The van der Waals surface area contributed by atoms with Crippen molar-refractivity contribution in [3.8, 4) is 11.1 Å². The first-order chi connectivity index (χ1) is 9.67. The normalized spacial score (nSPS) is 10.3. The molecule has 0 fully saturated rings. The molecule has 0 aliphatic carbocycles. The summed E-state index contributed by atoms with van der Waals surface area (Å²) in [5.74, 6) is -0.403. The second-order valence-corrected chi connectivity index (χ2v) is 4.34. The Bertz CT molecular complexity index is 659. The van der Waals surface area contributed by atoms with Gasteiger partial charge in [-0.25, -0.2) is 4.79 Å². The maximum atomic E-state index is 12.2. The average molecular weight is 271 g/mol. The molecule has 1 aromatic heterocycles. The average Bonchev–Trinajstić information content (AvgIpc) is 2.47. The topological polar surface area (TPSA) is 59.2 Å². The van der Waals surface area contributed by atoms with Gasteiger partial charge in [-0.1, -0.05) is 37.3 Å². The zero-order valence-corrected chi connectivity index (χ0v) is 11.6. The molecule has 0 saturated carbocycles. The number of aromatic nitrogens is 1. The number of aryl methyl sites for hydroxylation is 1. The molecule has 0 radical (unpaired) electrons. The van der Waals surface area contributed by atoms with E-state index in [1.165, 1.54) is 6.07 Å². The van der Waals surface area contributed by atoms with Gasteiger partial charge < -0.3 is 9.72 Å². The molecule has 0 bridgehead atoms. The number of pyridine rings is 1. The number of carbonyl (C=O) groups excluding carboxylic acids is 1. The Hall–Kier alpha value is -2.36. The molecule has 1 aromatic carbocycles. The van der Waals surface area contributed by atoms with Crippen molar-refractivity contribution in [2.75, 3.05) is 6.61 Å². The summed E-state index contributed by atoms with van der Waals surface area (Å²) in [4.78, 5) is 26.7. The van der Waals surface area contributed by atoms with Crippen molar-refractivity contribution >= 4 is 5.97 Å². The first-order valence-electron chi connectivity index (χ1n) is 6.66. The lowest BCUT2D eigenvalue weighted by Crippen LogP contribution is -2.17. The highest BCUT2D eigenvalue weighted by molar-refractivity contribution is 5.98. The van der Waals surface area contributed by atoms with E-state index in [1.807, 2.05) is 37.3 Å². The van der Waals surface area contributed by atoms with E-state index in [0.717, 1.165) is 5.56 Å². The van der Waals surface area contributed by atoms with Crippen molar-refractivity contribution in [1.29, 1.82) is 0 Å². The van der Waals surface area contributed by atoms with Crippen molar-refractivity contribution in [3.05, 3.63) is 58.0 Å². The van der Waals surface area contributed by atoms with Gasteiger partial charge in [0.15, 0.2) is 0 Å². The molecular weight excluding hydrogens is 254 g/mol. The fourth-order valence-corrected chi connectivity index (χ4v) is 2.16. The van der Waals surface area contributed by atoms with Gasteiger partial charge in [0.1, 0.15) is 0 Å². The monoisotopic (exact) mass is 271 g/mol. The van der Waals surface area contributed by atoms with Gasteiger partial charge >= 0.3 is 5.97 Å². The summed E-state index contributed by atoms with van der Waals surface area (Å²) >= 11 is 0. The SMILES string of the molecule is CCOC(=O)c1c(-c2ccccc2)cc(=O)[nH]c1CC. The van der Waals surface area contributed by atoms with E-state index >= 15 is 0 Å². The number of ether oxygens (including phenoxy) is 1. The molecule has 0 aliphatic heterocycles. The van der Waals surface area contributed by atoms with E-state index in [9.17, 15) is 9.59 Å². The van der Waals surface area contributed by atoms with E-state index in [4.69, 9.17) is 4.74 Å². The number of esters is 1. The molecule has 0 atom stereocenters. The van der Waals surface area contributed by atoms with Crippen LogP contribution >= 0.6 is 0 Å². The number of H-pyrrole nitrogens is 1. The van der Waals surface area contributed by atoms with Crippen molar-refractivity contribution in [1.82, 2.24) is 4.98 Å². The third-order valence-corrected chi connectivity index (χ3v) is 3.04. The van der Waals surface area contributed by atoms with Gasteiger partial charge in [0, 0.05) is 17.3 Å². The van der Waals surface area contributed by atoms with E-state index in [0.29, 0.717) is 29.8 Å². The fourth-order valence-electron chi connectivity index (χ4n) is 2.16. The van der Waals surface area contributed by atoms with Crippen molar-refractivity contribution < 1.29 is 9.53 Å². The molecule has 1 N–H and O–H groups in total. The summed E-state index contributed by atoms with van der Waals surface area (Å²) in [5, 5.41) is 0. The maximum Gasteiger partial charge on any atom is 0.340 e. The molecule has 2 rings (SSSR count). The van der Waals surface area contributed by atoms with Crippen molar-refractivity contribution in [2.45, 2.75) is 20.3 Å². The fraction of sp³-hybridized carbons (Fsp3) is 0.250. The van der Waals surface area contributed by atoms with Crippen molar-refractivity contribution in [3.63, 3.8) is 0 Å². The molecule has 0 amide bonds. The lowest BCUT2D eigenvalue weighted by Gasteiger charge is -2.12. The predicted octanol–water partition coefficient (Wildman–Crippen LogP) is 2.78. The van der Waals surface area contributed by atoms with E-state index in [2.05, 4.69) is 4.98 Å². The van der Waals surface area contributed by atoms with E-state index in [-0.39, 0.29) is 5.56 Å². The Morgan fingerprint density at radius 1 is 1.20 bits per heavy atom. The number of hydrogen-bond donors (Lipinski definition) is 1. The molecule has 4 nitrogen and oxygen atoms in total. The number of benzene rings is 1. The Morgan fingerprint density at radius 3 is 2.50 bits per heavy atom. The van der Waals surface area contributed by atoms with Gasteiger partial charge in [0.2, 0.25) is 5.56 Å². The summed E-state index contributed by atoms with van der Waals surface area (Å²) in [7, 11) is 0. The smallest absolute Gasteiger partial charge is 0.340 e. The van der Waals surface area contributed by atoms with Gasteiger partial charge in [-0.2, -0.15) is 0 Å². The number of nitrogens with one attached hydrogen (secondary N) is 1. The van der Waals surface area contributed by atoms with Crippen LogP contribution in [0.3, 0.4) is 0 Å². The third kappa shape index (κ3) is 2.79. The van der Waals surface area contributed by atoms with Gasteiger partial charge in [0.05, 0.1) is 12.2 Å². The minimum absolute atomic E-state index is 0.214. The summed E-state index contributed by atoms with van der Waals surface area (Å²) in [5.41, 5.74) is 2.28. The number of carbonyl (C=O) groups is 1. The molecule has 0 aliphatic rings. The zero-order valence-electron chi connectivity index (χ0n) is 11.6. The van der Waals surface area contributed by atoms with Crippen LogP contribution in [0.15, 0.2) is 41.2 Å². The van der Waals surface area contributed by atoms with Crippen LogP contribution in [0.4, 0.5) is 0 Å². The lowest BCUT2D eigenvalue weighted by atomic mass is 9.98. The molecule has 20 heavy (non-hydrogen) atoms. The molecule has 2 aromatic rings. The van der Waals surface area contributed by atoms with Crippen LogP contribution in [0.1, 0.15) is 29.9 Å². The molecule has 0 unspecified atom stereocenters. The Labute approximate surface area is 117 Å². The molecule has 4 heteroatoms. The highest BCUT2D eigenvalue weighted by Gasteiger charge is 2.19. The molecular formula is C16H17NO3. The van der Waals surface area contributed by atoms with Gasteiger partial charge in [-0.3, -0.25) is 4.79 Å². The summed E-state index contributed by atoms with van der Waals surface area (Å²) in [6.45, 7) is 3.95. The van der Waals surface area contributed by atoms with Crippen LogP contribution in [0, 0.1) is 0 Å². The minimum atomic E-state index is -0.403. The first-order valence-corrected chi connectivity index (χ1v) is 6.66. The molecule has 104 valence electrons. The van der Waals surface area contributed by atoms with Crippen LogP contribution < -0.4 is 5.56 Å². The zero-order chi connectivity index (χ0) is 14.5. The maximum absolute atomic E-state index is 12.2. The molecule has 0 saturated heterocycles. The predicted molar refractivity (Wildman–Crippen MR) is 77.8 cm³/mol. The Kier molecular flexibility index (Phi) is 4.35. The quantitative estimate of drug-likeness (QED) is 0.870. The second-order valence-electron chi connectivity index (χ2n) is 4.34. The van der Waals surface area contributed by atoms with Crippen LogP contribution in [-0.2, 0) is 11.2 Å². The highest BCUT2D eigenvalue weighted by Crippen LogP contribution is 2.25. The van der Waals surface area contributed by atoms with Gasteiger partial charge in [-0.15, -0.1) is 0 Å². The molecule has 0 spiro atoms. The van der Waals surface area contributed by atoms with Crippen LogP contribution in [-0.4, -0.2) is 17.6 Å². The second kappa shape index (κ2) is 6.19. The third-order valence-electron chi connectivity index (χ3n) is 3.04. The Balaban J connectivity index is 2.68. The largest absolute Gasteiger partial charge is 0.462 e. The van der Waals surface area contributed by atoms with Crippen molar-refractivity contribution in [2.24, 2.45) is 0 Å². The van der Waals surface area contributed by atoms with Crippen LogP contribution in [0.2, 0.25) is 0 Å². The number of rotatable bonds is 4. The standard InChI is InChI=1S/C16H17NO3/c1-3-13-15(16(19)20-4-2)12(10-14(18)17-13)11-8-6-5-7-9-11/h5-10H,3-4H2,1-2H3,(H,17,18). The van der Waals surface area contributed by atoms with Gasteiger partial charge in [0.25, 0.3) is 0 Å². The highest BCUT2D eigenvalue weighted by atomic mass is 16.5. The summed E-state index contributed by atoms with van der Waals surface area (Å²) in [6, 6.07) is 10.8. The number of aromatic amines is 1. The van der Waals surface area contributed by atoms with E-state index < -0.39 is 5.97 Å². The summed E-state index contributed by atoms with van der Waals surface area (Å²) < 4.78 is 5.11. The van der Waals surface area contributed by atoms with E-state index in [1.54, 1.807) is 6.92 Å². The van der Waals surface area contributed by atoms with Crippen LogP contribution in [0.5, 0.6) is 0 Å². The van der Waals surface area contributed by atoms with Crippen LogP contribution in [0.25, 0.3) is 11.1 Å². The first kappa shape index (κ1) is 14.1. The number of hydrogen-bond acceptors (Lipinski definition) is 3. The Morgan fingerprint density at radius 2 is 1.90 bits per heavy atom. The lowest BCUT2D eigenvalue weighted by molar-refractivity contribution is 0.0525. The molecule has 1 heterocycles. The minimum Gasteiger partial charge on any atom is -0.462 e. The van der Waals surface area contributed by atoms with Gasteiger partial charge in [-0.05, 0) is 18.9 Å².